The van der Waals surface area contributed by atoms with Crippen LogP contribution in [0.3, 0.4) is 0 Å². The molecule has 3 aromatic rings. The van der Waals surface area contributed by atoms with Gasteiger partial charge in [-0.2, -0.15) is 5.10 Å². The topological polar surface area (TPSA) is 85.7 Å². The van der Waals surface area contributed by atoms with Crippen LogP contribution in [0.5, 0.6) is 5.75 Å². The Bertz CT molecular complexity index is 1220. The fourth-order valence-corrected chi connectivity index (χ4v) is 4.38. The zero-order valence-corrected chi connectivity index (χ0v) is 21.7. The minimum Gasteiger partial charge on any atom is -0.494 e. The van der Waals surface area contributed by atoms with E-state index in [1.807, 2.05) is 27.7 Å². The third-order valence-electron chi connectivity index (χ3n) is 6.08. The average Bonchev–Trinajstić information content (AvgIpc) is 3.30. The number of rotatable bonds is 6. The summed E-state index contributed by atoms with van der Waals surface area (Å²) >= 11 is 0. The first-order valence-corrected chi connectivity index (χ1v) is 12.5. The molecule has 0 unspecified atom stereocenters. The van der Waals surface area contributed by atoms with Crippen LogP contribution in [0.1, 0.15) is 62.5 Å². The molecule has 0 bridgehead atoms. The molecule has 1 aliphatic rings. The fourth-order valence-electron chi connectivity index (χ4n) is 4.38. The van der Waals surface area contributed by atoms with E-state index in [2.05, 4.69) is 10.4 Å². The summed E-state index contributed by atoms with van der Waals surface area (Å²) in [5.74, 6) is 0.0491. The molecule has 1 aromatic heterocycles. The van der Waals surface area contributed by atoms with Gasteiger partial charge in [0.2, 0.25) is 0 Å². The molecule has 1 saturated heterocycles. The van der Waals surface area contributed by atoms with E-state index in [1.165, 1.54) is 12.1 Å². The lowest BCUT2D eigenvalue weighted by Crippen LogP contribution is -2.41. The molecular formula is C28H33FN4O4. The molecule has 0 radical (unpaired) electrons. The Morgan fingerprint density at radius 1 is 1.05 bits per heavy atom. The number of nitrogens with one attached hydrogen (secondary N) is 1. The van der Waals surface area contributed by atoms with Crippen molar-refractivity contribution in [3.63, 3.8) is 0 Å². The van der Waals surface area contributed by atoms with Crippen LogP contribution in [-0.2, 0) is 4.74 Å². The van der Waals surface area contributed by atoms with Crippen LogP contribution in [-0.4, -0.2) is 52.0 Å². The van der Waals surface area contributed by atoms with Gasteiger partial charge in [0.1, 0.15) is 17.2 Å². The van der Waals surface area contributed by atoms with Crippen molar-refractivity contribution in [1.82, 2.24) is 14.7 Å². The Labute approximate surface area is 216 Å². The quantitative estimate of drug-likeness (QED) is 0.456. The van der Waals surface area contributed by atoms with Gasteiger partial charge in [0, 0.05) is 24.7 Å². The van der Waals surface area contributed by atoms with Crippen molar-refractivity contribution >= 4 is 17.7 Å². The van der Waals surface area contributed by atoms with E-state index in [-0.39, 0.29) is 23.7 Å². The van der Waals surface area contributed by atoms with Gasteiger partial charge in [0.15, 0.2) is 0 Å². The van der Waals surface area contributed by atoms with Crippen molar-refractivity contribution in [2.24, 2.45) is 0 Å². The fraction of sp³-hybridized carbons (Fsp3) is 0.393. The highest BCUT2D eigenvalue weighted by molar-refractivity contribution is 6.05. The first-order valence-electron chi connectivity index (χ1n) is 12.5. The van der Waals surface area contributed by atoms with Crippen LogP contribution < -0.4 is 10.1 Å². The van der Waals surface area contributed by atoms with Crippen LogP contribution in [0.25, 0.3) is 5.69 Å². The number of nitrogens with zero attached hydrogens (tertiary/aromatic N) is 3. The molecule has 196 valence electrons. The number of likely N-dealkylation sites (tertiary alicyclic amines) is 1. The van der Waals surface area contributed by atoms with E-state index in [0.717, 1.165) is 11.4 Å². The van der Waals surface area contributed by atoms with Crippen LogP contribution in [0, 0.1) is 5.82 Å². The van der Waals surface area contributed by atoms with Crippen LogP contribution in [0.15, 0.2) is 54.7 Å². The number of halogens is 1. The van der Waals surface area contributed by atoms with E-state index in [9.17, 15) is 14.0 Å². The second-order valence-corrected chi connectivity index (χ2v) is 9.98. The summed E-state index contributed by atoms with van der Waals surface area (Å²) in [5.41, 5.74) is 1.90. The highest BCUT2D eigenvalue weighted by atomic mass is 19.1. The predicted octanol–water partition coefficient (Wildman–Crippen LogP) is 5.78. The Kier molecular flexibility index (Phi) is 7.80. The van der Waals surface area contributed by atoms with Crippen molar-refractivity contribution in [2.75, 3.05) is 25.0 Å². The molecule has 0 atom stereocenters. The van der Waals surface area contributed by atoms with Gasteiger partial charge in [-0.15, -0.1) is 0 Å². The number of piperidine rings is 1. The molecule has 4 rings (SSSR count). The zero-order chi connectivity index (χ0) is 26.6. The van der Waals surface area contributed by atoms with Crippen molar-refractivity contribution in [2.45, 2.75) is 52.1 Å². The van der Waals surface area contributed by atoms with Gasteiger partial charge in [-0.05, 0) is 89.1 Å². The molecule has 0 saturated carbocycles. The minimum atomic E-state index is -0.568. The van der Waals surface area contributed by atoms with E-state index in [0.29, 0.717) is 49.5 Å². The molecule has 2 amide bonds. The normalized spacial score (nSPS) is 14.4. The highest BCUT2D eigenvalue weighted by Gasteiger charge is 2.32. The van der Waals surface area contributed by atoms with Crippen LogP contribution in [0.2, 0.25) is 0 Å². The van der Waals surface area contributed by atoms with E-state index >= 15 is 0 Å². The first-order chi connectivity index (χ1) is 17.6. The van der Waals surface area contributed by atoms with Gasteiger partial charge in [-0.3, -0.25) is 4.79 Å². The highest BCUT2D eigenvalue weighted by Crippen LogP contribution is 2.33. The van der Waals surface area contributed by atoms with Crippen molar-refractivity contribution in [1.29, 1.82) is 0 Å². The van der Waals surface area contributed by atoms with Gasteiger partial charge in [0.05, 0.1) is 29.7 Å². The predicted molar refractivity (Wildman–Crippen MR) is 139 cm³/mol. The third-order valence-corrected chi connectivity index (χ3v) is 6.08. The smallest absolute Gasteiger partial charge is 0.410 e. The maximum Gasteiger partial charge on any atom is 0.410 e. The number of anilines is 1. The number of aromatic nitrogens is 2. The summed E-state index contributed by atoms with van der Waals surface area (Å²) in [6, 6.07) is 13.2. The first kappa shape index (κ1) is 26.2. The molecule has 2 aromatic carbocycles. The average molecular weight is 509 g/mol. The number of carbonyl (C=O) groups excluding carboxylic acids is 2. The summed E-state index contributed by atoms with van der Waals surface area (Å²) in [5, 5.41) is 7.44. The largest absolute Gasteiger partial charge is 0.494 e. The maximum absolute atomic E-state index is 13.6. The molecule has 37 heavy (non-hydrogen) atoms. The molecular weight excluding hydrogens is 475 g/mol. The molecule has 8 nitrogen and oxygen atoms in total. The monoisotopic (exact) mass is 508 g/mol. The van der Waals surface area contributed by atoms with Gasteiger partial charge in [-0.1, -0.05) is 0 Å². The zero-order valence-electron chi connectivity index (χ0n) is 21.7. The summed E-state index contributed by atoms with van der Waals surface area (Å²) < 4.78 is 26.3. The van der Waals surface area contributed by atoms with E-state index in [4.69, 9.17) is 9.47 Å². The Balaban J connectivity index is 1.58. The molecule has 1 fully saturated rings. The van der Waals surface area contributed by atoms with Gasteiger partial charge in [0.25, 0.3) is 5.91 Å². The van der Waals surface area contributed by atoms with Gasteiger partial charge < -0.3 is 19.7 Å². The van der Waals surface area contributed by atoms with Crippen molar-refractivity contribution in [3.05, 3.63) is 71.8 Å². The lowest BCUT2D eigenvalue weighted by Gasteiger charge is -2.34. The van der Waals surface area contributed by atoms with Crippen molar-refractivity contribution < 1.29 is 23.5 Å². The summed E-state index contributed by atoms with van der Waals surface area (Å²) in [4.78, 5) is 27.6. The number of amides is 2. The molecule has 1 aliphatic heterocycles. The van der Waals surface area contributed by atoms with E-state index < -0.39 is 5.60 Å². The molecule has 0 spiro atoms. The number of ether oxygens (including phenoxy) is 2. The lowest BCUT2D eigenvalue weighted by molar-refractivity contribution is 0.0203. The van der Waals surface area contributed by atoms with Gasteiger partial charge in [-0.25, -0.2) is 13.9 Å². The Hall–Kier alpha value is -3.88. The summed E-state index contributed by atoms with van der Waals surface area (Å²) in [6.07, 6.45) is 2.47. The lowest BCUT2D eigenvalue weighted by atomic mass is 9.90. The Morgan fingerprint density at radius 3 is 2.30 bits per heavy atom. The second-order valence-electron chi connectivity index (χ2n) is 9.98. The summed E-state index contributed by atoms with van der Waals surface area (Å²) in [7, 11) is 0. The standard InChI is InChI=1S/C28H33FN4O4/c1-5-36-23-12-8-21(9-13-23)31-26(34)24-18-30-33(22-10-6-20(29)7-11-22)25(24)19-14-16-32(17-15-19)27(35)37-28(2,3)4/h6-13,18-19H,5,14-17H2,1-4H3,(H,31,34). The number of hydrogen-bond donors (Lipinski definition) is 1. The molecule has 2 heterocycles. The van der Waals surface area contributed by atoms with Crippen LogP contribution >= 0.6 is 0 Å². The Morgan fingerprint density at radius 2 is 1.70 bits per heavy atom. The number of benzene rings is 2. The molecule has 9 heteroatoms. The van der Waals surface area contributed by atoms with Crippen LogP contribution in [0.4, 0.5) is 14.9 Å². The second kappa shape index (κ2) is 11.0. The SMILES string of the molecule is CCOc1ccc(NC(=O)c2cnn(-c3ccc(F)cc3)c2C2CCN(C(=O)OC(C)(C)C)CC2)cc1. The molecule has 0 aliphatic carbocycles. The number of hydrogen-bond acceptors (Lipinski definition) is 5. The maximum atomic E-state index is 13.6. The third kappa shape index (κ3) is 6.47. The minimum absolute atomic E-state index is 0.0349. The van der Waals surface area contributed by atoms with E-state index in [1.54, 1.807) is 52.2 Å². The van der Waals surface area contributed by atoms with Gasteiger partial charge >= 0.3 is 6.09 Å². The van der Waals surface area contributed by atoms with Crippen molar-refractivity contribution in [3.8, 4) is 11.4 Å². The summed E-state index contributed by atoms with van der Waals surface area (Å²) in [6.45, 7) is 8.98. The number of carbonyl (C=O) groups is 2. The molecule has 1 N–H and O–H groups in total.